The number of hydrogen-bond donors (Lipinski definition) is 1. The summed E-state index contributed by atoms with van der Waals surface area (Å²) in [5.74, 6) is 0.339. The Bertz CT molecular complexity index is 389. The van der Waals surface area contributed by atoms with Gasteiger partial charge in [-0.2, -0.15) is 0 Å². The van der Waals surface area contributed by atoms with E-state index >= 15 is 0 Å². The van der Waals surface area contributed by atoms with Crippen molar-refractivity contribution in [3.05, 3.63) is 34.6 Å². The van der Waals surface area contributed by atoms with Gasteiger partial charge >= 0.3 is 0 Å². The van der Waals surface area contributed by atoms with Crippen LogP contribution in [0.15, 0.2) is 18.2 Å². The predicted molar refractivity (Wildman–Crippen MR) is 74.7 cm³/mol. The standard InChI is InChI=1S/C14H18Cl2FN/c15-12-6-4-10(5-7-12)8-18-9-11-2-1-3-13(17)14(11)16/h1-3,10,12,18H,4-9H2. The van der Waals surface area contributed by atoms with Gasteiger partial charge in [-0.15, -0.1) is 11.6 Å². The molecule has 0 amide bonds. The smallest absolute Gasteiger partial charge is 0.142 e. The maximum Gasteiger partial charge on any atom is 0.142 e. The van der Waals surface area contributed by atoms with E-state index in [1.165, 1.54) is 18.9 Å². The van der Waals surface area contributed by atoms with Crippen LogP contribution in [0.1, 0.15) is 31.2 Å². The van der Waals surface area contributed by atoms with Crippen molar-refractivity contribution < 1.29 is 4.39 Å². The lowest BCUT2D eigenvalue weighted by Crippen LogP contribution is -2.26. The van der Waals surface area contributed by atoms with Crippen LogP contribution in [-0.2, 0) is 6.54 Å². The molecule has 4 heteroatoms. The van der Waals surface area contributed by atoms with Crippen LogP contribution in [0.4, 0.5) is 4.39 Å². The van der Waals surface area contributed by atoms with Crippen molar-refractivity contribution in [2.45, 2.75) is 37.6 Å². The van der Waals surface area contributed by atoms with E-state index in [-0.39, 0.29) is 10.8 Å². The highest BCUT2D eigenvalue weighted by molar-refractivity contribution is 6.31. The topological polar surface area (TPSA) is 12.0 Å². The van der Waals surface area contributed by atoms with E-state index in [2.05, 4.69) is 5.32 Å². The van der Waals surface area contributed by atoms with Crippen molar-refractivity contribution in [2.75, 3.05) is 6.54 Å². The molecule has 1 aliphatic carbocycles. The van der Waals surface area contributed by atoms with Gasteiger partial charge in [0.05, 0.1) is 5.02 Å². The van der Waals surface area contributed by atoms with Crippen LogP contribution in [-0.4, -0.2) is 11.9 Å². The Balaban J connectivity index is 1.77. The van der Waals surface area contributed by atoms with Crippen LogP contribution in [0.5, 0.6) is 0 Å². The molecule has 0 atom stereocenters. The summed E-state index contributed by atoms with van der Waals surface area (Å²) in [7, 11) is 0. The van der Waals surface area contributed by atoms with Crippen molar-refractivity contribution in [1.29, 1.82) is 0 Å². The zero-order chi connectivity index (χ0) is 13.0. The molecule has 1 N–H and O–H groups in total. The van der Waals surface area contributed by atoms with Gasteiger partial charge in [-0.25, -0.2) is 4.39 Å². The largest absolute Gasteiger partial charge is 0.312 e. The van der Waals surface area contributed by atoms with Crippen molar-refractivity contribution in [1.82, 2.24) is 5.32 Å². The van der Waals surface area contributed by atoms with E-state index < -0.39 is 0 Å². The van der Waals surface area contributed by atoms with Crippen molar-refractivity contribution in [3.63, 3.8) is 0 Å². The quantitative estimate of drug-likeness (QED) is 0.812. The number of alkyl halides is 1. The molecule has 100 valence electrons. The molecule has 0 aliphatic heterocycles. The van der Waals surface area contributed by atoms with Crippen LogP contribution in [0, 0.1) is 11.7 Å². The minimum atomic E-state index is -0.349. The molecule has 0 aromatic heterocycles. The third kappa shape index (κ3) is 3.84. The van der Waals surface area contributed by atoms with E-state index in [9.17, 15) is 4.39 Å². The number of hydrogen-bond acceptors (Lipinski definition) is 1. The first-order valence-corrected chi connectivity index (χ1v) is 7.26. The van der Waals surface area contributed by atoms with Gasteiger partial charge in [0.25, 0.3) is 0 Å². The summed E-state index contributed by atoms with van der Waals surface area (Å²) in [5, 5.41) is 3.95. The van der Waals surface area contributed by atoms with Gasteiger partial charge in [0.1, 0.15) is 5.82 Å². The van der Waals surface area contributed by atoms with Gasteiger partial charge in [-0.3, -0.25) is 0 Å². The molecule has 2 rings (SSSR count). The molecular weight excluding hydrogens is 272 g/mol. The SMILES string of the molecule is Fc1cccc(CNCC2CCC(Cl)CC2)c1Cl. The maximum atomic E-state index is 13.2. The molecule has 18 heavy (non-hydrogen) atoms. The first kappa shape index (κ1) is 14.1. The summed E-state index contributed by atoms with van der Waals surface area (Å²) in [4.78, 5) is 0. The van der Waals surface area contributed by atoms with Crippen LogP contribution < -0.4 is 5.32 Å². The molecule has 0 bridgehead atoms. The molecule has 0 spiro atoms. The fraction of sp³-hybridized carbons (Fsp3) is 0.571. The summed E-state index contributed by atoms with van der Waals surface area (Å²) < 4.78 is 13.2. The van der Waals surface area contributed by atoms with E-state index in [1.807, 2.05) is 6.07 Å². The normalized spacial score (nSPS) is 24.2. The zero-order valence-electron chi connectivity index (χ0n) is 10.3. The highest BCUT2D eigenvalue weighted by atomic mass is 35.5. The summed E-state index contributed by atoms with van der Waals surface area (Å²) in [6, 6.07) is 4.93. The fourth-order valence-electron chi connectivity index (χ4n) is 2.42. The molecule has 0 unspecified atom stereocenters. The van der Waals surface area contributed by atoms with Gasteiger partial charge < -0.3 is 5.32 Å². The van der Waals surface area contributed by atoms with E-state index in [0.717, 1.165) is 24.9 Å². The maximum absolute atomic E-state index is 13.2. The molecule has 1 aromatic carbocycles. The lowest BCUT2D eigenvalue weighted by Gasteiger charge is -2.25. The Kier molecular flexibility index (Phi) is 5.28. The van der Waals surface area contributed by atoms with E-state index in [1.54, 1.807) is 6.07 Å². The molecule has 1 nitrogen and oxygen atoms in total. The average molecular weight is 290 g/mol. The van der Waals surface area contributed by atoms with Gasteiger partial charge in [-0.1, -0.05) is 23.7 Å². The number of nitrogens with one attached hydrogen (secondary N) is 1. The fourth-order valence-corrected chi connectivity index (χ4v) is 2.87. The first-order valence-electron chi connectivity index (χ1n) is 6.44. The number of halogens is 3. The third-order valence-electron chi connectivity index (χ3n) is 3.56. The van der Waals surface area contributed by atoms with Gasteiger partial charge in [-0.05, 0) is 49.8 Å². The van der Waals surface area contributed by atoms with E-state index in [4.69, 9.17) is 23.2 Å². The minimum Gasteiger partial charge on any atom is -0.312 e. The third-order valence-corrected chi connectivity index (χ3v) is 4.42. The molecule has 1 fully saturated rings. The molecule has 0 saturated heterocycles. The average Bonchev–Trinajstić information content (AvgIpc) is 2.37. The summed E-state index contributed by atoms with van der Waals surface area (Å²) in [6.45, 7) is 1.58. The highest BCUT2D eigenvalue weighted by Crippen LogP contribution is 2.27. The second kappa shape index (κ2) is 6.74. The monoisotopic (exact) mass is 289 g/mol. The van der Waals surface area contributed by atoms with Crippen molar-refractivity contribution >= 4 is 23.2 Å². The van der Waals surface area contributed by atoms with Gasteiger partial charge in [0, 0.05) is 11.9 Å². The van der Waals surface area contributed by atoms with Crippen molar-refractivity contribution in [3.8, 4) is 0 Å². The number of rotatable bonds is 4. The lowest BCUT2D eigenvalue weighted by molar-refractivity contribution is 0.345. The Morgan fingerprint density at radius 2 is 1.94 bits per heavy atom. The lowest BCUT2D eigenvalue weighted by atomic mass is 9.89. The second-order valence-corrected chi connectivity index (χ2v) is 5.96. The van der Waals surface area contributed by atoms with Crippen LogP contribution in [0.3, 0.4) is 0 Å². The first-order chi connectivity index (χ1) is 8.66. The summed E-state index contributed by atoms with van der Waals surface area (Å²) in [5.41, 5.74) is 0.822. The zero-order valence-corrected chi connectivity index (χ0v) is 11.8. The van der Waals surface area contributed by atoms with Gasteiger partial charge in [0.2, 0.25) is 0 Å². The minimum absolute atomic E-state index is 0.231. The Hall–Kier alpha value is -0.310. The predicted octanol–water partition coefficient (Wildman–Crippen LogP) is 4.37. The molecule has 1 aliphatic rings. The molecule has 1 saturated carbocycles. The Morgan fingerprint density at radius 1 is 1.22 bits per heavy atom. The second-order valence-electron chi connectivity index (χ2n) is 4.96. The molecule has 0 heterocycles. The van der Waals surface area contributed by atoms with Crippen molar-refractivity contribution in [2.24, 2.45) is 5.92 Å². The number of benzene rings is 1. The highest BCUT2D eigenvalue weighted by Gasteiger charge is 2.19. The molecule has 0 radical (unpaired) electrons. The van der Waals surface area contributed by atoms with Crippen LogP contribution in [0.25, 0.3) is 0 Å². The van der Waals surface area contributed by atoms with Crippen LogP contribution in [0.2, 0.25) is 5.02 Å². The van der Waals surface area contributed by atoms with E-state index in [0.29, 0.717) is 17.8 Å². The molecule has 1 aromatic rings. The summed E-state index contributed by atoms with van der Waals surface area (Å²) in [6.07, 6.45) is 4.57. The van der Waals surface area contributed by atoms with Crippen LogP contribution >= 0.6 is 23.2 Å². The van der Waals surface area contributed by atoms with Gasteiger partial charge in [0.15, 0.2) is 0 Å². The Labute approximate surface area is 118 Å². The summed E-state index contributed by atoms with van der Waals surface area (Å²) >= 11 is 12.0. The Morgan fingerprint density at radius 3 is 2.67 bits per heavy atom. The molecular formula is C14H18Cl2FN.